The average Bonchev–Trinajstić information content (AvgIpc) is 2.35. The molecule has 0 saturated heterocycles. The molecule has 1 aromatic carbocycles. The van der Waals surface area contributed by atoms with E-state index in [2.05, 4.69) is 32.6 Å². The van der Waals surface area contributed by atoms with E-state index in [9.17, 15) is 4.39 Å². The van der Waals surface area contributed by atoms with Crippen LogP contribution in [0.15, 0.2) is 18.2 Å². The van der Waals surface area contributed by atoms with Crippen LogP contribution >= 0.6 is 22.6 Å². The van der Waals surface area contributed by atoms with Gasteiger partial charge in [-0.05, 0) is 47.1 Å². The van der Waals surface area contributed by atoms with Crippen LogP contribution in [-0.2, 0) is 0 Å². The lowest BCUT2D eigenvalue weighted by Gasteiger charge is -2.11. The van der Waals surface area contributed by atoms with E-state index >= 15 is 0 Å². The van der Waals surface area contributed by atoms with E-state index in [1.807, 2.05) is 19.9 Å². The van der Waals surface area contributed by atoms with Crippen molar-refractivity contribution >= 4 is 28.4 Å². The molecule has 0 bridgehead atoms. The van der Waals surface area contributed by atoms with Gasteiger partial charge in [0.25, 0.3) is 0 Å². The number of anilines is 1. The Morgan fingerprint density at radius 1 is 1.26 bits per heavy atom. The Hall–Kier alpha value is -1.24. The number of benzene rings is 1. The van der Waals surface area contributed by atoms with Crippen molar-refractivity contribution in [3.8, 4) is 11.4 Å². The molecule has 1 aromatic heterocycles. The fourth-order valence-corrected chi connectivity index (χ4v) is 2.59. The summed E-state index contributed by atoms with van der Waals surface area (Å²) >= 11 is 2.14. The summed E-state index contributed by atoms with van der Waals surface area (Å²) in [5, 5.41) is 0. The number of aryl methyl sites for hydroxylation is 1. The predicted molar refractivity (Wildman–Crippen MR) is 83.4 cm³/mol. The third kappa shape index (κ3) is 2.86. The Morgan fingerprint density at radius 2 is 1.95 bits per heavy atom. The van der Waals surface area contributed by atoms with Crippen molar-refractivity contribution in [1.82, 2.24) is 9.97 Å². The van der Waals surface area contributed by atoms with Gasteiger partial charge in [-0.2, -0.15) is 0 Å². The number of hydrogen-bond acceptors (Lipinski definition) is 3. The Labute approximate surface area is 125 Å². The van der Waals surface area contributed by atoms with E-state index in [1.165, 1.54) is 6.07 Å². The van der Waals surface area contributed by atoms with Gasteiger partial charge in [-0.15, -0.1) is 0 Å². The number of halogens is 2. The zero-order valence-corrected chi connectivity index (χ0v) is 13.2. The first-order valence-electron chi connectivity index (χ1n) is 5.99. The summed E-state index contributed by atoms with van der Waals surface area (Å²) in [5.74, 6) is 0.895. The molecule has 0 aliphatic rings. The minimum atomic E-state index is -0.260. The average molecular weight is 371 g/mol. The summed E-state index contributed by atoms with van der Waals surface area (Å²) in [4.78, 5) is 8.76. The molecule has 2 rings (SSSR count). The first-order valence-corrected chi connectivity index (χ1v) is 7.07. The van der Waals surface area contributed by atoms with Crippen molar-refractivity contribution in [3.05, 3.63) is 38.8 Å². The van der Waals surface area contributed by atoms with E-state index in [0.717, 1.165) is 9.26 Å². The van der Waals surface area contributed by atoms with E-state index in [4.69, 9.17) is 5.73 Å². The molecule has 2 aromatic rings. The van der Waals surface area contributed by atoms with Gasteiger partial charge < -0.3 is 5.73 Å². The van der Waals surface area contributed by atoms with E-state index in [0.29, 0.717) is 22.8 Å². The van der Waals surface area contributed by atoms with Gasteiger partial charge in [0, 0.05) is 5.56 Å². The van der Waals surface area contributed by atoms with Gasteiger partial charge in [0.05, 0.1) is 9.26 Å². The normalized spacial score (nSPS) is 11.1. The van der Waals surface area contributed by atoms with Gasteiger partial charge in [-0.25, -0.2) is 14.4 Å². The standard InChI is InChI=1S/C14H15FIN3/c1-7(2)12-11(16)13(17)19-14(18-12)9-5-4-8(3)10(15)6-9/h4-7H,1-3H3,(H2,17,18,19). The molecule has 0 amide bonds. The zero-order chi connectivity index (χ0) is 14.2. The van der Waals surface area contributed by atoms with Crippen LogP contribution < -0.4 is 5.73 Å². The lowest BCUT2D eigenvalue weighted by atomic mass is 10.1. The summed E-state index contributed by atoms with van der Waals surface area (Å²) in [5.41, 5.74) is 8.05. The van der Waals surface area contributed by atoms with Gasteiger partial charge in [0.15, 0.2) is 5.82 Å². The highest BCUT2D eigenvalue weighted by Crippen LogP contribution is 2.27. The number of nitrogens with two attached hydrogens (primary N) is 1. The SMILES string of the molecule is Cc1ccc(-c2nc(N)c(I)c(C(C)C)n2)cc1F. The van der Waals surface area contributed by atoms with E-state index in [-0.39, 0.29) is 11.7 Å². The van der Waals surface area contributed by atoms with Crippen LogP contribution in [0.4, 0.5) is 10.2 Å². The lowest BCUT2D eigenvalue weighted by molar-refractivity contribution is 0.619. The summed E-state index contributed by atoms with van der Waals surface area (Å²) in [6.07, 6.45) is 0. The molecule has 1 heterocycles. The second-order valence-corrected chi connectivity index (χ2v) is 5.83. The summed E-state index contributed by atoms with van der Waals surface area (Å²) in [6.45, 7) is 5.81. The summed E-state index contributed by atoms with van der Waals surface area (Å²) in [6, 6.07) is 4.97. The van der Waals surface area contributed by atoms with Gasteiger partial charge in [-0.1, -0.05) is 26.0 Å². The van der Waals surface area contributed by atoms with Crippen LogP contribution in [0, 0.1) is 16.3 Å². The number of aromatic nitrogens is 2. The molecule has 0 saturated carbocycles. The largest absolute Gasteiger partial charge is 0.383 e. The minimum absolute atomic E-state index is 0.242. The monoisotopic (exact) mass is 371 g/mol. The molecule has 100 valence electrons. The second kappa shape index (κ2) is 5.40. The highest BCUT2D eigenvalue weighted by molar-refractivity contribution is 14.1. The third-order valence-electron chi connectivity index (χ3n) is 2.88. The Bertz CT molecular complexity index is 626. The zero-order valence-electron chi connectivity index (χ0n) is 11.0. The summed E-state index contributed by atoms with van der Waals surface area (Å²) in [7, 11) is 0. The van der Waals surface area contributed by atoms with Crippen molar-refractivity contribution in [1.29, 1.82) is 0 Å². The maximum Gasteiger partial charge on any atom is 0.161 e. The molecule has 0 atom stereocenters. The Balaban J connectivity index is 2.59. The van der Waals surface area contributed by atoms with Crippen LogP contribution in [0.5, 0.6) is 0 Å². The van der Waals surface area contributed by atoms with Crippen molar-refractivity contribution in [2.45, 2.75) is 26.7 Å². The summed E-state index contributed by atoms with van der Waals surface area (Å²) < 4.78 is 14.5. The molecule has 0 spiro atoms. The maximum atomic E-state index is 13.6. The van der Waals surface area contributed by atoms with Crippen molar-refractivity contribution in [2.75, 3.05) is 5.73 Å². The molecule has 3 nitrogen and oxygen atoms in total. The molecule has 5 heteroatoms. The van der Waals surface area contributed by atoms with Crippen LogP contribution in [0.2, 0.25) is 0 Å². The van der Waals surface area contributed by atoms with Gasteiger partial charge >= 0.3 is 0 Å². The number of hydrogen-bond donors (Lipinski definition) is 1. The second-order valence-electron chi connectivity index (χ2n) is 4.75. The minimum Gasteiger partial charge on any atom is -0.383 e. The maximum absolute atomic E-state index is 13.6. The van der Waals surface area contributed by atoms with Crippen LogP contribution in [0.25, 0.3) is 11.4 Å². The fourth-order valence-electron chi connectivity index (χ4n) is 1.73. The molecule has 0 fully saturated rings. The smallest absolute Gasteiger partial charge is 0.161 e. The highest BCUT2D eigenvalue weighted by Gasteiger charge is 2.14. The predicted octanol–water partition coefficient (Wildman–Crippen LogP) is 3.90. The van der Waals surface area contributed by atoms with Gasteiger partial charge in [0.2, 0.25) is 0 Å². The van der Waals surface area contributed by atoms with Crippen molar-refractivity contribution in [3.63, 3.8) is 0 Å². The molecule has 2 N–H and O–H groups in total. The molecular weight excluding hydrogens is 356 g/mol. The van der Waals surface area contributed by atoms with Crippen molar-refractivity contribution in [2.24, 2.45) is 0 Å². The number of rotatable bonds is 2. The molecular formula is C14H15FIN3. The lowest BCUT2D eigenvalue weighted by Crippen LogP contribution is -2.06. The first kappa shape index (κ1) is 14.2. The van der Waals surface area contributed by atoms with Gasteiger partial charge in [0.1, 0.15) is 11.6 Å². The third-order valence-corrected chi connectivity index (χ3v) is 3.98. The first-order chi connectivity index (χ1) is 8.90. The van der Waals surface area contributed by atoms with Crippen molar-refractivity contribution < 1.29 is 4.39 Å². The highest BCUT2D eigenvalue weighted by atomic mass is 127. The molecule has 0 radical (unpaired) electrons. The Morgan fingerprint density at radius 3 is 2.53 bits per heavy atom. The topological polar surface area (TPSA) is 51.8 Å². The molecule has 0 unspecified atom stereocenters. The quantitative estimate of drug-likeness (QED) is 0.815. The fraction of sp³-hybridized carbons (Fsp3) is 0.286. The Kier molecular flexibility index (Phi) is 4.03. The number of nitrogens with zero attached hydrogens (tertiary/aromatic N) is 2. The van der Waals surface area contributed by atoms with Crippen LogP contribution in [0.1, 0.15) is 31.0 Å². The van der Waals surface area contributed by atoms with E-state index in [1.54, 1.807) is 13.0 Å². The van der Waals surface area contributed by atoms with Crippen LogP contribution in [-0.4, -0.2) is 9.97 Å². The van der Waals surface area contributed by atoms with Crippen LogP contribution in [0.3, 0.4) is 0 Å². The molecule has 19 heavy (non-hydrogen) atoms. The number of nitrogen functional groups attached to an aromatic ring is 1. The molecule has 0 aliphatic heterocycles. The van der Waals surface area contributed by atoms with Gasteiger partial charge in [-0.3, -0.25) is 0 Å². The molecule has 0 aliphatic carbocycles. The van der Waals surface area contributed by atoms with E-state index < -0.39 is 0 Å².